The summed E-state index contributed by atoms with van der Waals surface area (Å²) in [6, 6.07) is 0.234. The number of carbonyl (C=O) groups is 1. The van der Waals surface area contributed by atoms with Crippen LogP contribution in [0.4, 0.5) is 4.79 Å². The molecule has 1 amide bonds. The zero-order valence-electron chi connectivity index (χ0n) is 15.3. The van der Waals surface area contributed by atoms with Gasteiger partial charge in [0.1, 0.15) is 5.60 Å². The SMILES string of the molecule is CC(C)(C)OC(=O)N[C@H](CC1=CCCCC1)CC1CCCCC1. The molecular weight excluding hydrogens is 286 g/mol. The highest BCUT2D eigenvalue weighted by Crippen LogP contribution is 2.30. The van der Waals surface area contributed by atoms with Crippen molar-refractivity contribution in [2.45, 2.75) is 103 Å². The smallest absolute Gasteiger partial charge is 0.407 e. The van der Waals surface area contributed by atoms with E-state index in [0.717, 1.165) is 18.8 Å². The van der Waals surface area contributed by atoms with Crippen LogP contribution in [0.2, 0.25) is 0 Å². The maximum atomic E-state index is 12.2. The van der Waals surface area contributed by atoms with E-state index in [2.05, 4.69) is 11.4 Å². The molecule has 0 unspecified atom stereocenters. The van der Waals surface area contributed by atoms with Crippen LogP contribution >= 0.6 is 0 Å². The van der Waals surface area contributed by atoms with Crippen molar-refractivity contribution in [3.05, 3.63) is 11.6 Å². The maximum absolute atomic E-state index is 12.2. The van der Waals surface area contributed by atoms with Gasteiger partial charge in [0.2, 0.25) is 0 Å². The fourth-order valence-electron chi connectivity index (χ4n) is 3.90. The van der Waals surface area contributed by atoms with E-state index in [1.807, 2.05) is 20.8 Å². The molecule has 132 valence electrons. The molecule has 2 rings (SSSR count). The molecule has 0 aromatic carbocycles. The minimum absolute atomic E-state index is 0.234. The summed E-state index contributed by atoms with van der Waals surface area (Å²) in [4.78, 5) is 12.2. The van der Waals surface area contributed by atoms with Crippen LogP contribution in [-0.4, -0.2) is 17.7 Å². The second-order valence-electron chi connectivity index (χ2n) is 8.40. The van der Waals surface area contributed by atoms with Crippen LogP contribution in [-0.2, 0) is 4.74 Å². The number of allylic oxidation sites excluding steroid dienone is 1. The zero-order chi connectivity index (χ0) is 16.7. The topological polar surface area (TPSA) is 38.3 Å². The number of alkyl carbamates (subject to hydrolysis) is 1. The van der Waals surface area contributed by atoms with Gasteiger partial charge in [-0.25, -0.2) is 4.79 Å². The van der Waals surface area contributed by atoms with Crippen LogP contribution in [0.5, 0.6) is 0 Å². The van der Waals surface area contributed by atoms with E-state index in [-0.39, 0.29) is 12.1 Å². The van der Waals surface area contributed by atoms with E-state index in [4.69, 9.17) is 4.74 Å². The first-order valence-corrected chi connectivity index (χ1v) is 9.60. The van der Waals surface area contributed by atoms with Crippen molar-refractivity contribution in [3.63, 3.8) is 0 Å². The summed E-state index contributed by atoms with van der Waals surface area (Å²) in [5, 5.41) is 3.17. The van der Waals surface area contributed by atoms with Gasteiger partial charge < -0.3 is 10.1 Å². The average Bonchev–Trinajstić information content (AvgIpc) is 2.47. The monoisotopic (exact) mass is 321 g/mol. The highest BCUT2D eigenvalue weighted by molar-refractivity contribution is 5.68. The van der Waals surface area contributed by atoms with Gasteiger partial charge in [-0.15, -0.1) is 0 Å². The van der Waals surface area contributed by atoms with Crippen LogP contribution in [0.3, 0.4) is 0 Å². The van der Waals surface area contributed by atoms with Crippen molar-refractivity contribution in [1.82, 2.24) is 5.32 Å². The van der Waals surface area contributed by atoms with Gasteiger partial charge in [0.05, 0.1) is 0 Å². The molecule has 0 bridgehead atoms. The lowest BCUT2D eigenvalue weighted by Crippen LogP contribution is -2.40. The molecule has 1 fully saturated rings. The zero-order valence-corrected chi connectivity index (χ0v) is 15.3. The van der Waals surface area contributed by atoms with E-state index in [0.29, 0.717) is 0 Å². The van der Waals surface area contributed by atoms with E-state index in [1.165, 1.54) is 63.4 Å². The molecule has 23 heavy (non-hydrogen) atoms. The number of rotatable bonds is 5. The lowest BCUT2D eigenvalue weighted by molar-refractivity contribution is 0.0494. The van der Waals surface area contributed by atoms with Crippen LogP contribution < -0.4 is 5.32 Å². The highest BCUT2D eigenvalue weighted by Gasteiger charge is 2.24. The van der Waals surface area contributed by atoms with E-state index in [1.54, 1.807) is 0 Å². The van der Waals surface area contributed by atoms with Gasteiger partial charge in [0, 0.05) is 6.04 Å². The molecule has 0 aromatic rings. The van der Waals surface area contributed by atoms with Crippen LogP contribution in [0.1, 0.15) is 91.4 Å². The van der Waals surface area contributed by atoms with Gasteiger partial charge >= 0.3 is 6.09 Å². The fraction of sp³-hybridized carbons (Fsp3) is 0.850. The second-order valence-corrected chi connectivity index (χ2v) is 8.40. The van der Waals surface area contributed by atoms with E-state index in [9.17, 15) is 4.79 Å². The lowest BCUT2D eigenvalue weighted by Gasteiger charge is -2.29. The Morgan fingerprint density at radius 1 is 1.22 bits per heavy atom. The molecular formula is C20H35NO2. The summed E-state index contributed by atoms with van der Waals surface area (Å²) in [5.41, 5.74) is 1.11. The summed E-state index contributed by atoms with van der Waals surface area (Å²) in [6.07, 6.45) is 16.0. The van der Waals surface area contributed by atoms with Crippen LogP contribution in [0, 0.1) is 5.92 Å². The summed E-state index contributed by atoms with van der Waals surface area (Å²) in [5.74, 6) is 0.771. The van der Waals surface area contributed by atoms with Gasteiger partial charge in [-0.3, -0.25) is 0 Å². The minimum atomic E-state index is -0.427. The average molecular weight is 322 g/mol. The first-order chi connectivity index (χ1) is 10.9. The third-order valence-electron chi connectivity index (χ3n) is 4.96. The largest absolute Gasteiger partial charge is 0.444 e. The van der Waals surface area contributed by atoms with Gasteiger partial charge in [-0.05, 0) is 65.2 Å². The Morgan fingerprint density at radius 2 is 1.96 bits per heavy atom. The molecule has 1 saturated carbocycles. The Bertz CT molecular complexity index is 402. The predicted molar refractivity (Wildman–Crippen MR) is 95.5 cm³/mol. The third-order valence-corrected chi connectivity index (χ3v) is 4.96. The number of hydrogen-bond donors (Lipinski definition) is 1. The maximum Gasteiger partial charge on any atom is 0.407 e. The fourth-order valence-corrected chi connectivity index (χ4v) is 3.90. The molecule has 2 aliphatic carbocycles. The predicted octanol–water partition coefficient (Wildman–Crippen LogP) is 5.74. The Hall–Kier alpha value is -0.990. The second kappa shape index (κ2) is 8.75. The van der Waals surface area contributed by atoms with E-state index < -0.39 is 5.60 Å². The van der Waals surface area contributed by atoms with Crippen molar-refractivity contribution < 1.29 is 9.53 Å². The number of nitrogens with one attached hydrogen (secondary N) is 1. The standard InChI is InChI=1S/C20H35NO2/c1-20(2,3)23-19(22)21-18(14-16-10-6-4-7-11-16)15-17-12-8-5-9-13-17/h10,17-18H,4-9,11-15H2,1-3H3,(H,21,22)/t18-/m1/s1. The molecule has 0 aliphatic heterocycles. The lowest BCUT2D eigenvalue weighted by atomic mass is 9.82. The molecule has 0 heterocycles. The highest BCUT2D eigenvalue weighted by atomic mass is 16.6. The van der Waals surface area contributed by atoms with Crippen molar-refractivity contribution >= 4 is 6.09 Å². The number of ether oxygens (including phenoxy) is 1. The molecule has 2 aliphatic rings. The first-order valence-electron chi connectivity index (χ1n) is 9.60. The Balaban J connectivity index is 1.91. The van der Waals surface area contributed by atoms with Gasteiger partial charge in [-0.2, -0.15) is 0 Å². The Labute approximate surface area is 142 Å². The number of hydrogen-bond acceptors (Lipinski definition) is 2. The van der Waals surface area contributed by atoms with Crippen molar-refractivity contribution in [1.29, 1.82) is 0 Å². The molecule has 1 N–H and O–H groups in total. The first kappa shape index (κ1) is 18.4. The molecule has 1 atom stereocenters. The van der Waals surface area contributed by atoms with Gasteiger partial charge in [-0.1, -0.05) is 43.8 Å². The van der Waals surface area contributed by atoms with Gasteiger partial charge in [0.25, 0.3) is 0 Å². The van der Waals surface area contributed by atoms with Gasteiger partial charge in [0.15, 0.2) is 0 Å². The quantitative estimate of drug-likeness (QED) is 0.656. The summed E-state index contributed by atoms with van der Waals surface area (Å²) < 4.78 is 5.48. The number of carbonyl (C=O) groups excluding carboxylic acids is 1. The van der Waals surface area contributed by atoms with Crippen LogP contribution in [0.15, 0.2) is 11.6 Å². The van der Waals surface area contributed by atoms with Crippen molar-refractivity contribution in [2.75, 3.05) is 0 Å². The Kier molecular flexibility index (Phi) is 6.98. The Morgan fingerprint density at radius 3 is 2.57 bits per heavy atom. The molecule has 0 spiro atoms. The normalized spacial score (nSPS) is 21.4. The molecule has 3 nitrogen and oxygen atoms in total. The van der Waals surface area contributed by atoms with Crippen molar-refractivity contribution in [3.8, 4) is 0 Å². The molecule has 3 heteroatoms. The third kappa shape index (κ3) is 7.41. The number of amides is 1. The molecule has 0 saturated heterocycles. The molecule has 0 radical (unpaired) electrons. The van der Waals surface area contributed by atoms with E-state index >= 15 is 0 Å². The summed E-state index contributed by atoms with van der Waals surface area (Å²) >= 11 is 0. The summed E-state index contributed by atoms with van der Waals surface area (Å²) in [6.45, 7) is 5.77. The molecule has 0 aromatic heterocycles. The summed E-state index contributed by atoms with van der Waals surface area (Å²) in [7, 11) is 0. The van der Waals surface area contributed by atoms with Crippen molar-refractivity contribution in [2.24, 2.45) is 5.92 Å². The minimum Gasteiger partial charge on any atom is -0.444 e. The van der Waals surface area contributed by atoms with Crippen LogP contribution in [0.25, 0.3) is 0 Å².